The fourth-order valence-corrected chi connectivity index (χ4v) is 1.66. The van der Waals surface area contributed by atoms with Crippen LogP contribution in [0, 0.1) is 5.92 Å². The second kappa shape index (κ2) is 4.55. The average Bonchev–Trinajstić information content (AvgIpc) is 2.01. The van der Waals surface area contributed by atoms with Crippen molar-refractivity contribution in [3.05, 3.63) is 0 Å². The molecule has 1 rings (SSSR count). The summed E-state index contributed by atoms with van der Waals surface area (Å²) in [6.07, 6.45) is 0. The fourth-order valence-electron chi connectivity index (χ4n) is 1.66. The molecule has 0 radical (unpaired) electrons. The van der Waals surface area contributed by atoms with Crippen LogP contribution in [0.1, 0.15) is 20.8 Å². The largest absolute Gasteiger partial charge is 0.351 e. The SMILES string of the molecule is CC(=O)CN1CC(=O)NC(C(C)C)C1. The number of Topliss-reactive ketones (excluding diaryl/α,β-unsaturated/α-hetero) is 1. The Balaban J connectivity index is 2.53. The van der Waals surface area contributed by atoms with Crippen LogP contribution in [0.2, 0.25) is 0 Å². The highest BCUT2D eigenvalue weighted by Crippen LogP contribution is 2.08. The predicted octanol–water partition coefficient (Wildman–Crippen LogP) is 0.0318. The van der Waals surface area contributed by atoms with Gasteiger partial charge < -0.3 is 5.32 Å². The Kier molecular flexibility index (Phi) is 3.63. The molecular formula is C10H18N2O2. The smallest absolute Gasteiger partial charge is 0.234 e. The molecule has 4 nitrogen and oxygen atoms in total. The van der Waals surface area contributed by atoms with Gasteiger partial charge in [0, 0.05) is 12.6 Å². The van der Waals surface area contributed by atoms with Gasteiger partial charge in [0.2, 0.25) is 5.91 Å². The maximum atomic E-state index is 11.3. The highest BCUT2D eigenvalue weighted by molar-refractivity contribution is 5.81. The van der Waals surface area contributed by atoms with Gasteiger partial charge in [-0.05, 0) is 12.8 Å². The quantitative estimate of drug-likeness (QED) is 0.696. The van der Waals surface area contributed by atoms with Crippen LogP contribution in [0.15, 0.2) is 0 Å². The van der Waals surface area contributed by atoms with E-state index >= 15 is 0 Å². The van der Waals surface area contributed by atoms with Gasteiger partial charge in [0.1, 0.15) is 5.78 Å². The molecule has 0 bridgehead atoms. The molecule has 1 fully saturated rings. The Hall–Kier alpha value is -0.900. The van der Waals surface area contributed by atoms with E-state index in [1.165, 1.54) is 0 Å². The molecule has 1 saturated heterocycles. The van der Waals surface area contributed by atoms with E-state index in [1.54, 1.807) is 6.92 Å². The number of amides is 1. The molecule has 1 aliphatic rings. The first-order valence-electron chi connectivity index (χ1n) is 5.00. The van der Waals surface area contributed by atoms with Gasteiger partial charge in [-0.15, -0.1) is 0 Å². The van der Waals surface area contributed by atoms with Crippen molar-refractivity contribution in [2.24, 2.45) is 5.92 Å². The Bertz CT molecular complexity index is 236. The molecule has 1 amide bonds. The summed E-state index contributed by atoms with van der Waals surface area (Å²) >= 11 is 0. The first kappa shape index (κ1) is 11.2. The number of ketones is 1. The van der Waals surface area contributed by atoms with Gasteiger partial charge in [0.05, 0.1) is 13.1 Å². The van der Waals surface area contributed by atoms with Gasteiger partial charge in [0.25, 0.3) is 0 Å². The molecule has 0 aromatic heterocycles. The summed E-state index contributed by atoms with van der Waals surface area (Å²) in [6.45, 7) is 7.21. The van der Waals surface area contributed by atoms with Gasteiger partial charge in [-0.25, -0.2) is 0 Å². The van der Waals surface area contributed by atoms with Crippen molar-refractivity contribution in [1.29, 1.82) is 0 Å². The monoisotopic (exact) mass is 198 g/mol. The van der Waals surface area contributed by atoms with Gasteiger partial charge in [-0.1, -0.05) is 13.8 Å². The first-order chi connectivity index (χ1) is 6.49. The van der Waals surface area contributed by atoms with Crippen molar-refractivity contribution in [2.75, 3.05) is 19.6 Å². The summed E-state index contributed by atoms with van der Waals surface area (Å²) in [5.74, 6) is 0.548. The summed E-state index contributed by atoms with van der Waals surface area (Å²) in [7, 11) is 0. The molecule has 4 heteroatoms. The van der Waals surface area contributed by atoms with Gasteiger partial charge in [-0.2, -0.15) is 0 Å². The van der Waals surface area contributed by atoms with E-state index in [0.29, 0.717) is 19.0 Å². The molecule has 0 aromatic rings. The Morgan fingerprint density at radius 1 is 1.64 bits per heavy atom. The molecule has 1 aliphatic heterocycles. The maximum Gasteiger partial charge on any atom is 0.234 e. The number of rotatable bonds is 3. The molecule has 80 valence electrons. The van der Waals surface area contributed by atoms with Crippen LogP contribution in [-0.4, -0.2) is 42.3 Å². The van der Waals surface area contributed by atoms with Crippen LogP contribution in [0.5, 0.6) is 0 Å². The lowest BCUT2D eigenvalue weighted by Gasteiger charge is -2.34. The van der Waals surface area contributed by atoms with Crippen LogP contribution in [0.3, 0.4) is 0 Å². The highest BCUT2D eigenvalue weighted by atomic mass is 16.2. The lowest BCUT2D eigenvalue weighted by Crippen LogP contribution is -2.56. The summed E-state index contributed by atoms with van der Waals surface area (Å²) in [4.78, 5) is 24.1. The van der Waals surface area contributed by atoms with E-state index < -0.39 is 0 Å². The highest BCUT2D eigenvalue weighted by Gasteiger charge is 2.26. The van der Waals surface area contributed by atoms with Crippen LogP contribution in [-0.2, 0) is 9.59 Å². The molecule has 1 N–H and O–H groups in total. The molecule has 0 saturated carbocycles. The second-order valence-electron chi connectivity index (χ2n) is 4.29. The molecule has 1 unspecified atom stereocenters. The Morgan fingerprint density at radius 2 is 2.29 bits per heavy atom. The zero-order valence-electron chi connectivity index (χ0n) is 9.04. The number of hydrogen-bond donors (Lipinski definition) is 1. The minimum Gasteiger partial charge on any atom is -0.351 e. The molecule has 1 heterocycles. The maximum absolute atomic E-state index is 11.3. The standard InChI is InChI=1S/C10H18N2O2/c1-7(2)9-5-12(4-8(3)13)6-10(14)11-9/h7,9H,4-6H2,1-3H3,(H,11,14). The van der Waals surface area contributed by atoms with E-state index in [1.807, 2.05) is 4.90 Å². The van der Waals surface area contributed by atoms with Crippen molar-refractivity contribution >= 4 is 11.7 Å². The van der Waals surface area contributed by atoms with E-state index in [-0.39, 0.29) is 17.7 Å². The normalized spacial score (nSPS) is 23.7. The second-order valence-corrected chi connectivity index (χ2v) is 4.29. The minimum atomic E-state index is 0.0243. The zero-order valence-corrected chi connectivity index (χ0v) is 9.04. The van der Waals surface area contributed by atoms with Crippen molar-refractivity contribution in [3.8, 4) is 0 Å². The van der Waals surface area contributed by atoms with E-state index in [4.69, 9.17) is 0 Å². The van der Waals surface area contributed by atoms with Crippen molar-refractivity contribution in [1.82, 2.24) is 10.2 Å². The van der Waals surface area contributed by atoms with Crippen LogP contribution < -0.4 is 5.32 Å². The summed E-state index contributed by atoms with van der Waals surface area (Å²) < 4.78 is 0. The number of carbonyl (C=O) groups excluding carboxylic acids is 2. The third-order valence-corrected chi connectivity index (χ3v) is 2.42. The molecule has 0 spiro atoms. The van der Waals surface area contributed by atoms with Crippen LogP contribution in [0.25, 0.3) is 0 Å². The Labute approximate surface area is 84.7 Å². The number of nitrogens with zero attached hydrogens (tertiary/aromatic N) is 1. The third-order valence-electron chi connectivity index (χ3n) is 2.42. The summed E-state index contributed by atoms with van der Waals surface area (Å²) in [6, 6.07) is 0.176. The molecule has 0 aromatic carbocycles. The number of nitrogens with one attached hydrogen (secondary N) is 1. The molecular weight excluding hydrogens is 180 g/mol. The lowest BCUT2D eigenvalue weighted by molar-refractivity contribution is -0.127. The van der Waals surface area contributed by atoms with E-state index in [9.17, 15) is 9.59 Å². The average molecular weight is 198 g/mol. The number of hydrogen-bond acceptors (Lipinski definition) is 3. The Morgan fingerprint density at radius 3 is 2.79 bits per heavy atom. The van der Waals surface area contributed by atoms with Crippen LogP contribution in [0.4, 0.5) is 0 Å². The summed E-state index contributed by atoms with van der Waals surface area (Å²) in [5.41, 5.74) is 0. The van der Waals surface area contributed by atoms with Crippen molar-refractivity contribution in [3.63, 3.8) is 0 Å². The first-order valence-corrected chi connectivity index (χ1v) is 5.00. The van der Waals surface area contributed by atoms with Crippen molar-refractivity contribution < 1.29 is 9.59 Å². The van der Waals surface area contributed by atoms with Gasteiger partial charge in [-0.3, -0.25) is 14.5 Å². The predicted molar refractivity (Wildman–Crippen MR) is 53.9 cm³/mol. The molecule has 14 heavy (non-hydrogen) atoms. The lowest BCUT2D eigenvalue weighted by atomic mass is 10.0. The topological polar surface area (TPSA) is 49.4 Å². The molecule has 1 atom stereocenters. The van der Waals surface area contributed by atoms with Gasteiger partial charge in [0.15, 0.2) is 0 Å². The minimum absolute atomic E-state index is 0.0243. The third kappa shape index (κ3) is 3.10. The molecule has 0 aliphatic carbocycles. The number of piperazine rings is 1. The zero-order chi connectivity index (χ0) is 10.7. The summed E-state index contributed by atoms with van der Waals surface area (Å²) in [5, 5.41) is 2.93. The van der Waals surface area contributed by atoms with E-state index in [0.717, 1.165) is 6.54 Å². The fraction of sp³-hybridized carbons (Fsp3) is 0.800. The van der Waals surface area contributed by atoms with Gasteiger partial charge >= 0.3 is 0 Å². The van der Waals surface area contributed by atoms with Crippen LogP contribution >= 0.6 is 0 Å². The van der Waals surface area contributed by atoms with Crippen molar-refractivity contribution in [2.45, 2.75) is 26.8 Å². The van der Waals surface area contributed by atoms with E-state index in [2.05, 4.69) is 19.2 Å². The number of carbonyl (C=O) groups is 2.